The van der Waals surface area contributed by atoms with Crippen molar-refractivity contribution in [3.05, 3.63) is 70.8 Å². The molecule has 3 heteroatoms. The summed E-state index contributed by atoms with van der Waals surface area (Å²) in [6.45, 7) is 3.89. The lowest BCUT2D eigenvalue weighted by Gasteiger charge is -2.18. The summed E-state index contributed by atoms with van der Waals surface area (Å²) >= 11 is 6.00. The molecule has 0 spiro atoms. The van der Waals surface area contributed by atoms with Gasteiger partial charge in [0.15, 0.2) is 0 Å². The van der Waals surface area contributed by atoms with Crippen molar-refractivity contribution in [1.82, 2.24) is 5.32 Å². The van der Waals surface area contributed by atoms with Crippen molar-refractivity contribution in [3.63, 3.8) is 0 Å². The third-order valence-electron chi connectivity index (χ3n) is 3.37. The Morgan fingerprint density at radius 1 is 1.05 bits per heavy atom. The molecule has 1 amide bonds. The lowest BCUT2D eigenvalue weighted by Crippen LogP contribution is -2.30. The molecular formula is C17H18ClNO. The fourth-order valence-corrected chi connectivity index (χ4v) is 2.55. The van der Waals surface area contributed by atoms with Crippen molar-refractivity contribution in [2.75, 3.05) is 5.88 Å². The van der Waals surface area contributed by atoms with Gasteiger partial charge in [0.05, 0.1) is 6.04 Å². The number of alkyl halides is 1. The molecule has 2 rings (SSSR count). The van der Waals surface area contributed by atoms with Gasteiger partial charge in [0, 0.05) is 11.4 Å². The van der Waals surface area contributed by atoms with Crippen LogP contribution in [0.3, 0.4) is 0 Å². The molecule has 0 bridgehead atoms. The Kier molecular flexibility index (Phi) is 4.80. The van der Waals surface area contributed by atoms with Gasteiger partial charge in [-0.05, 0) is 30.5 Å². The molecule has 0 aliphatic heterocycles. The highest BCUT2D eigenvalue weighted by Gasteiger charge is 2.17. The van der Waals surface area contributed by atoms with E-state index in [0.29, 0.717) is 5.88 Å². The molecule has 0 fully saturated rings. The summed E-state index contributed by atoms with van der Waals surface area (Å²) in [5.41, 5.74) is 3.70. The van der Waals surface area contributed by atoms with E-state index in [1.807, 2.05) is 62.4 Å². The quantitative estimate of drug-likeness (QED) is 0.846. The van der Waals surface area contributed by atoms with Crippen LogP contribution in [0.15, 0.2) is 48.5 Å². The smallest absolute Gasteiger partial charge is 0.252 e. The van der Waals surface area contributed by atoms with Gasteiger partial charge < -0.3 is 5.32 Å². The van der Waals surface area contributed by atoms with Crippen LogP contribution in [0.25, 0.3) is 0 Å². The van der Waals surface area contributed by atoms with Gasteiger partial charge in [0.2, 0.25) is 0 Å². The van der Waals surface area contributed by atoms with E-state index in [-0.39, 0.29) is 11.9 Å². The van der Waals surface area contributed by atoms with Crippen molar-refractivity contribution in [3.8, 4) is 0 Å². The number of carbonyl (C=O) groups is 1. The first kappa shape index (κ1) is 14.6. The Balaban J connectivity index is 2.22. The summed E-state index contributed by atoms with van der Waals surface area (Å²) in [6, 6.07) is 15.4. The van der Waals surface area contributed by atoms with Crippen LogP contribution in [0.1, 0.15) is 33.1 Å². The predicted molar refractivity (Wildman–Crippen MR) is 83.3 cm³/mol. The summed E-state index contributed by atoms with van der Waals surface area (Å²) in [4.78, 5) is 12.5. The van der Waals surface area contributed by atoms with Crippen molar-refractivity contribution in [2.45, 2.75) is 19.9 Å². The van der Waals surface area contributed by atoms with Gasteiger partial charge in [-0.1, -0.05) is 48.5 Å². The number of aryl methyl sites for hydroxylation is 2. The second kappa shape index (κ2) is 6.58. The average Bonchev–Trinajstić information content (AvgIpc) is 2.45. The molecule has 20 heavy (non-hydrogen) atoms. The first-order chi connectivity index (χ1) is 9.63. The summed E-state index contributed by atoms with van der Waals surface area (Å²) in [6.07, 6.45) is 0. The van der Waals surface area contributed by atoms with Crippen molar-refractivity contribution in [2.24, 2.45) is 0 Å². The summed E-state index contributed by atoms with van der Waals surface area (Å²) in [5.74, 6) is 0.274. The van der Waals surface area contributed by atoms with Crippen molar-refractivity contribution in [1.29, 1.82) is 0 Å². The van der Waals surface area contributed by atoms with E-state index in [0.717, 1.165) is 22.3 Å². The van der Waals surface area contributed by atoms with Gasteiger partial charge in [-0.25, -0.2) is 0 Å². The molecule has 0 aliphatic carbocycles. The predicted octanol–water partition coefficient (Wildman–Crippen LogP) is 4.01. The molecule has 2 nitrogen and oxygen atoms in total. The summed E-state index contributed by atoms with van der Waals surface area (Å²) in [7, 11) is 0. The van der Waals surface area contributed by atoms with Gasteiger partial charge in [-0.2, -0.15) is 0 Å². The minimum atomic E-state index is -0.177. The number of rotatable bonds is 4. The molecule has 104 valence electrons. The third kappa shape index (κ3) is 3.20. The highest BCUT2D eigenvalue weighted by atomic mass is 35.5. The molecule has 1 unspecified atom stereocenters. The van der Waals surface area contributed by atoms with Crippen LogP contribution in [0, 0.1) is 13.8 Å². The zero-order valence-corrected chi connectivity index (χ0v) is 12.4. The molecular weight excluding hydrogens is 270 g/mol. The zero-order valence-electron chi connectivity index (χ0n) is 11.7. The van der Waals surface area contributed by atoms with Crippen LogP contribution in [0.4, 0.5) is 0 Å². The second-order valence-electron chi connectivity index (χ2n) is 4.86. The number of halogens is 1. The standard InChI is InChI=1S/C17H18ClNO/c1-12-7-6-8-13(2)16(12)17(20)19-15(11-18)14-9-4-3-5-10-14/h3-10,15H,11H2,1-2H3,(H,19,20). The van der Waals surface area contributed by atoms with Gasteiger partial charge in [-0.3, -0.25) is 4.79 Å². The van der Waals surface area contributed by atoms with Crippen molar-refractivity contribution < 1.29 is 4.79 Å². The van der Waals surface area contributed by atoms with Gasteiger partial charge in [0.25, 0.3) is 5.91 Å². The lowest BCUT2D eigenvalue weighted by molar-refractivity contribution is 0.0939. The Bertz CT molecular complexity index is 575. The monoisotopic (exact) mass is 287 g/mol. The fraction of sp³-hybridized carbons (Fsp3) is 0.235. The topological polar surface area (TPSA) is 29.1 Å². The van der Waals surface area contributed by atoms with Crippen LogP contribution >= 0.6 is 11.6 Å². The Morgan fingerprint density at radius 2 is 1.65 bits per heavy atom. The molecule has 0 aromatic heterocycles. The molecule has 2 aromatic carbocycles. The average molecular weight is 288 g/mol. The highest BCUT2D eigenvalue weighted by Crippen LogP contribution is 2.18. The van der Waals surface area contributed by atoms with Crippen LogP contribution in [-0.2, 0) is 0 Å². The maximum absolute atomic E-state index is 12.5. The van der Waals surface area contributed by atoms with E-state index in [1.165, 1.54) is 0 Å². The molecule has 0 saturated carbocycles. The first-order valence-electron chi connectivity index (χ1n) is 6.61. The van der Waals surface area contributed by atoms with E-state index in [4.69, 9.17) is 11.6 Å². The maximum Gasteiger partial charge on any atom is 0.252 e. The maximum atomic E-state index is 12.5. The number of carbonyl (C=O) groups excluding carboxylic acids is 1. The molecule has 0 heterocycles. The van der Waals surface area contributed by atoms with Crippen LogP contribution < -0.4 is 5.32 Å². The Labute approximate surface area is 124 Å². The minimum absolute atomic E-state index is 0.0740. The van der Waals surface area contributed by atoms with E-state index in [2.05, 4.69) is 5.32 Å². The van der Waals surface area contributed by atoms with E-state index in [1.54, 1.807) is 0 Å². The summed E-state index contributed by atoms with van der Waals surface area (Å²) in [5, 5.41) is 3.01. The zero-order chi connectivity index (χ0) is 14.5. The molecule has 1 atom stereocenters. The SMILES string of the molecule is Cc1cccc(C)c1C(=O)NC(CCl)c1ccccc1. The van der Waals surface area contributed by atoms with Crippen LogP contribution in [0.5, 0.6) is 0 Å². The van der Waals surface area contributed by atoms with E-state index in [9.17, 15) is 4.79 Å². The van der Waals surface area contributed by atoms with E-state index < -0.39 is 0 Å². The van der Waals surface area contributed by atoms with E-state index >= 15 is 0 Å². The van der Waals surface area contributed by atoms with Gasteiger partial charge in [-0.15, -0.1) is 11.6 Å². The first-order valence-corrected chi connectivity index (χ1v) is 7.15. The van der Waals surface area contributed by atoms with Gasteiger partial charge >= 0.3 is 0 Å². The number of amides is 1. The lowest BCUT2D eigenvalue weighted by atomic mass is 10.0. The molecule has 1 N–H and O–H groups in total. The molecule has 2 aromatic rings. The number of hydrogen-bond donors (Lipinski definition) is 1. The Hall–Kier alpha value is -1.80. The second-order valence-corrected chi connectivity index (χ2v) is 5.17. The Morgan fingerprint density at radius 3 is 2.20 bits per heavy atom. The summed E-state index contributed by atoms with van der Waals surface area (Å²) < 4.78 is 0. The molecule has 0 radical (unpaired) electrons. The van der Waals surface area contributed by atoms with Crippen molar-refractivity contribution >= 4 is 17.5 Å². The largest absolute Gasteiger partial charge is 0.344 e. The number of benzene rings is 2. The van der Waals surface area contributed by atoms with Crippen LogP contribution in [0.2, 0.25) is 0 Å². The molecule has 0 saturated heterocycles. The van der Waals surface area contributed by atoms with Gasteiger partial charge in [0.1, 0.15) is 0 Å². The minimum Gasteiger partial charge on any atom is -0.344 e. The van der Waals surface area contributed by atoms with Crippen LogP contribution in [-0.4, -0.2) is 11.8 Å². The number of nitrogens with one attached hydrogen (secondary N) is 1. The highest BCUT2D eigenvalue weighted by molar-refractivity contribution is 6.18. The fourth-order valence-electron chi connectivity index (χ4n) is 2.30. The third-order valence-corrected chi connectivity index (χ3v) is 3.68. The normalized spacial score (nSPS) is 11.9. The number of hydrogen-bond acceptors (Lipinski definition) is 1. The molecule has 0 aliphatic rings.